The van der Waals surface area contributed by atoms with Gasteiger partial charge in [-0.15, -0.1) is 0 Å². The second kappa shape index (κ2) is 6.17. The third-order valence-corrected chi connectivity index (χ3v) is 4.41. The summed E-state index contributed by atoms with van der Waals surface area (Å²) in [6.07, 6.45) is 10.3. The van der Waals surface area contributed by atoms with Crippen molar-refractivity contribution in [3.63, 3.8) is 0 Å². The second-order valence-corrected chi connectivity index (χ2v) is 5.85. The first-order valence-corrected chi connectivity index (χ1v) is 7.60. The van der Waals surface area contributed by atoms with Gasteiger partial charge in [-0.05, 0) is 24.8 Å². The van der Waals surface area contributed by atoms with Crippen LogP contribution in [0, 0.1) is 5.92 Å². The second-order valence-electron chi connectivity index (χ2n) is 5.85. The van der Waals surface area contributed by atoms with Gasteiger partial charge in [-0.25, -0.2) is 4.98 Å². The monoisotopic (exact) mass is 299 g/mol. The number of pyridine rings is 1. The fraction of sp³-hybridized carbons (Fsp3) is 0.438. The summed E-state index contributed by atoms with van der Waals surface area (Å²) in [5, 5.41) is 0. The molecule has 2 aromatic rings. The third kappa shape index (κ3) is 2.95. The fourth-order valence-corrected chi connectivity index (χ4v) is 3.08. The van der Waals surface area contributed by atoms with E-state index < -0.39 is 5.91 Å². The molecule has 0 saturated carbocycles. The predicted octanol–water partition coefficient (Wildman–Crippen LogP) is 1.37. The number of nitrogens with two attached hydrogens (primary N) is 1. The highest BCUT2D eigenvalue weighted by molar-refractivity contribution is 5.98. The zero-order chi connectivity index (χ0) is 15.5. The number of amides is 1. The van der Waals surface area contributed by atoms with Crippen LogP contribution in [0.3, 0.4) is 0 Å². The highest BCUT2D eigenvalue weighted by atomic mass is 16.1. The molecule has 3 heterocycles. The lowest BCUT2D eigenvalue weighted by molar-refractivity contribution is 0.100. The lowest BCUT2D eigenvalue weighted by Gasteiger charge is -2.34. The van der Waals surface area contributed by atoms with Crippen molar-refractivity contribution in [3.8, 4) is 0 Å². The maximum absolute atomic E-state index is 11.5. The zero-order valence-corrected chi connectivity index (χ0v) is 12.8. The first-order valence-electron chi connectivity index (χ1n) is 7.60. The molecule has 0 unspecified atom stereocenters. The van der Waals surface area contributed by atoms with Gasteiger partial charge in [-0.1, -0.05) is 0 Å². The van der Waals surface area contributed by atoms with Crippen molar-refractivity contribution in [2.45, 2.75) is 19.3 Å². The molecular weight excluding hydrogens is 278 g/mol. The number of carbonyl (C=O) groups is 1. The first kappa shape index (κ1) is 14.6. The number of anilines is 1. The molecule has 1 aliphatic rings. The van der Waals surface area contributed by atoms with Crippen LogP contribution in [0.4, 0.5) is 5.69 Å². The van der Waals surface area contributed by atoms with Crippen LogP contribution in [0.1, 0.15) is 29.0 Å². The highest BCUT2D eigenvalue weighted by Crippen LogP contribution is 2.27. The summed E-state index contributed by atoms with van der Waals surface area (Å²) >= 11 is 0. The van der Waals surface area contributed by atoms with Gasteiger partial charge < -0.3 is 15.2 Å². The molecule has 22 heavy (non-hydrogen) atoms. The minimum absolute atomic E-state index is 0.418. The van der Waals surface area contributed by atoms with E-state index in [1.54, 1.807) is 12.4 Å². The lowest BCUT2D eigenvalue weighted by atomic mass is 9.92. The Labute approximate surface area is 130 Å². The molecule has 0 atom stereocenters. The number of aromatic nitrogens is 3. The summed E-state index contributed by atoms with van der Waals surface area (Å²) < 4.78 is 2.08. The Kier molecular flexibility index (Phi) is 4.09. The van der Waals surface area contributed by atoms with Gasteiger partial charge in [0.2, 0.25) is 0 Å². The fourth-order valence-electron chi connectivity index (χ4n) is 3.08. The Balaban J connectivity index is 1.65. The molecule has 3 rings (SSSR count). The van der Waals surface area contributed by atoms with Crippen LogP contribution < -0.4 is 10.6 Å². The normalized spacial score (nSPS) is 16.0. The smallest absolute Gasteiger partial charge is 0.252 e. The number of rotatable bonds is 4. The van der Waals surface area contributed by atoms with Gasteiger partial charge in [0.1, 0.15) is 5.82 Å². The topological polar surface area (TPSA) is 77.0 Å². The van der Waals surface area contributed by atoms with E-state index in [4.69, 9.17) is 5.73 Å². The van der Waals surface area contributed by atoms with Crippen molar-refractivity contribution < 1.29 is 4.79 Å². The maximum atomic E-state index is 11.5. The minimum atomic E-state index is -0.418. The summed E-state index contributed by atoms with van der Waals surface area (Å²) in [5.41, 5.74) is 6.84. The Morgan fingerprint density at radius 2 is 2.14 bits per heavy atom. The van der Waals surface area contributed by atoms with Crippen LogP contribution in [0.15, 0.2) is 30.9 Å². The largest absolute Gasteiger partial charge is 0.371 e. The van der Waals surface area contributed by atoms with E-state index in [0.717, 1.165) is 43.9 Å². The Bertz CT molecular complexity index is 658. The molecule has 2 N–H and O–H groups in total. The van der Waals surface area contributed by atoms with Crippen LogP contribution in [-0.4, -0.2) is 33.5 Å². The van der Waals surface area contributed by atoms with E-state index in [-0.39, 0.29) is 0 Å². The van der Waals surface area contributed by atoms with Gasteiger partial charge in [-0.3, -0.25) is 9.78 Å². The summed E-state index contributed by atoms with van der Waals surface area (Å²) in [4.78, 5) is 22.2. The zero-order valence-electron chi connectivity index (χ0n) is 12.8. The van der Waals surface area contributed by atoms with Crippen molar-refractivity contribution in [2.75, 3.05) is 18.0 Å². The van der Waals surface area contributed by atoms with Gasteiger partial charge in [0, 0.05) is 51.3 Å². The number of carbonyl (C=O) groups excluding carboxylic acids is 1. The molecule has 1 amide bonds. The average molecular weight is 299 g/mol. The maximum Gasteiger partial charge on any atom is 0.252 e. The number of nitrogens with zero attached hydrogens (tertiary/aromatic N) is 4. The molecule has 1 fully saturated rings. The van der Waals surface area contributed by atoms with E-state index in [0.29, 0.717) is 11.5 Å². The summed E-state index contributed by atoms with van der Waals surface area (Å²) in [5.74, 6) is 1.36. The van der Waals surface area contributed by atoms with E-state index in [1.165, 1.54) is 0 Å². The first-order chi connectivity index (χ1) is 10.6. The number of imidazole rings is 1. The van der Waals surface area contributed by atoms with Gasteiger partial charge >= 0.3 is 0 Å². The summed E-state index contributed by atoms with van der Waals surface area (Å²) in [6, 6.07) is 1.87. The standard InChI is InChI=1S/C16H21N5O/c1-20-9-6-19-15(20)10-12-3-7-21(8-4-12)14-2-5-18-11-13(14)16(17)22/h2,5-6,9,11-12H,3-4,7-8,10H2,1H3,(H2,17,22). The molecule has 0 bridgehead atoms. The molecule has 0 aliphatic carbocycles. The van der Waals surface area contributed by atoms with Crippen molar-refractivity contribution in [3.05, 3.63) is 42.2 Å². The number of primary amides is 1. The SMILES string of the molecule is Cn1ccnc1CC1CCN(c2ccncc2C(N)=O)CC1. The molecule has 1 aliphatic heterocycles. The Morgan fingerprint density at radius 1 is 1.36 bits per heavy atom. The number of piperidine rings is 1. The van der Waals surface area contributed by atoms with Crippen molar-refractivity contribution in [2.24, 2.45) is 18.7 Å². The van der Waals surface area contributed by atoms with Gasteiger partial charge in [0.15, 0.2) is 0 Å². The molecule has 0 aromatic carbocycles. The van der Waals surface area contributed by atoms with Crippen molar-refractivity contribution in [1.82, 2.24) is 14.5 Å². The van der Waals surface area contributed by atoms with Crippen molar-refractivity contribution >= 4 is 11.6 Å². The van der Waals surface area contributed by atoms with Crippen LogP contribution in [0.25, 0.3) is 0 Å². The molecule has 0 spiro atoms. The lowest BCUT2D eigenvalue weighted by Crippen LogP contribution is -2.36. The molecule has 2 aromatic heterocycles. The molecule has 6 nitrogen and oxygen atoms in total. The Hall–Kier alpha value is -2.37. The van der Waals surface area contributed by atoms with Gasteiger partial charge in [-0.2, -0.15) is 0 Å². The van der Waals surface area contributed by atoms with E-state index in [2.05, 4.69) is 19.4 Å². The van der Waals surface area contributed by atoms with E-state index in [9.17, 15) is 4.79 Å². The number of hydrogen-bond acceptors (Lipinski definition) is 4. The van der Waals surface area contributed by atoms with Gasteiger partial charge in [0.05, 0.1) is 11.3 Å². The van der Waals surface area contributed by atoms with Crippen LogP contribution in [0.2, 0.25) is 0 Å². The summed E-state index contributed by atoms with van der Waals surface area (Å²) in [7, 11) is 2.04. The van der Waals surface area contributed by atoms with Crippen LogP contribution in [0.5, 0.6) is 0 Å². The number of aryl methyl sites for hydroxylation is 1. The van der Waals surface area contributed by atoms with Crippen LogP contribution in [-0.2, 0) is 13.5 Å². The molecule has 6 heteroatoms. The molecule has 116 valence electrons. The molecular formula is C16H21N5O. The average Bonchev–Trinajstić information content (AvgIpc) is 2.93. The molecule has 0 radical (unpaired) electrons. The number of hydrogen-bond donors (Lipinski definition) is 1. The third-order valence-electron chi connectivity index (χ3n) is 4.41. The van der Waals surface area contributed by atoms with E-state index in [1.807, 2.05) is 25.5 Å². The van der Waals surface area contributed by atoms with Crippen LogP contribution >= 0.6 is 0 Å². The van der Waals surface area contributed by atoms with Crippen molar-refractivity contribution in [1.29, 1.82) is 0 Å². The predicted molar refractivity (Wildman–Crippen MR) is 84.6 cm³/mol. The Morgan fingerprint density at radius 3 is 2.77 bits per heavy atom. The summed E-state index contributed by atoms with van der Waals surface area (Å²) in [6.45, 7) is 1.86. The van der Waals surface area contributed by atoms with E-state index >= 15 is 0 Å². The van der Waals surface area contributed by atoms with Gasteiger partial charge in [0.25, 0.3) is 5.91 Å². The quantitative estimate of drug-likeness (QED) is 0.925. The minimum Gasteiger partial charge on any atom is -0.371 e. The highest BCUT2D eigenvalue weighted by Gasteiger charge is 2.23. The molecule has 1 saturated heterocycles.